The monoisotopic (exact) mass is 421 g/mol. The van der Waals surface area contributed by atoms with Gasteiger partial charge in [0.05, 0.1) is 27.7 Å². The Balaban J connectivity index is 2.16. The highest BCUT2D eigenvalue weighted by Crippen LogP contribution is 2.33. The molecule has 0 fully saturated rings. The molecule has 0 saturated carbocycles. The predicted molar refractivity (Wildman–Crippen MR) is 125 cm³/mol. The van der Waals surface area contributed by atoms with Gasteiger partial charge >= 0.3 is 0 Å². The lowest BCUT2D eigenvalue weighted by Gasteiger charge is -2.31. The van der Waals surface area contributed by atoms with Crippen LogP contribution in [0.5, 0.6) is 5.75 Å². The number of rotatable bonds is 6. The lowest BCUT2D eigenvalue weighted by Crippen LogP contribution is -2.45. The molecule has 0 unspecified atom stereocenters. The number of pyridine rings is 1. The maximum absolute atomic E-state index is 13.1. The van der Waals surface area contributed by atoms with Crippen LogP contribution in [0.25, 0.3) is 21.8 Å². The number of aromatic nitrogens is 1. The molecule has 0 saturated heterocycles. The van der Waals surface area contributed by atoms with Gasteiger partial charge in [0.1, 0.15) is 5.75 Å². The van der Waals surface area contributed by atoms with Gasteiger partial charge in [-0.2, -0.15) is 0 Å². The van der Waals surface area contributed by atoms with Gasteiger partial charge in [-0.05, 0) is 92.3 Å². The summed E-state index contributed by atoms with van der Waals surface area (Å²) in [6, 6.07) is 10.6. The summed E-state index contributed by atoms with van der Waals surface area (Å²) in [5, 5.41) is 12.2. The van der Waals surface area contributed by atoms with Crippen molar-refractivity contribution in [3.63, 3.8) is 0 Å². The summed E-state index contributed by atoms with van der Waals surface area (Å²) in [6.07, 6.45) is 0. The Kier molecular flexibility index (Phi) is 5.67. The molecule has 3 rings (SSSR count). The summed E-state index contributed by atoms with van der Waals surface area (Å²) >= 11 is 0. The smallest absolute Gasteiger partial charge is 0.186 e. The molecule has 1 N–H and O–H groups in total. The average molecular weight is 422 g/mol. The molecule has 0 atom stereocenters. The van der Waals surface area contributed by atoms with Crippen molar-refractivity contribution in [1.82, 2.24) is 14.8 Å². The van der Waals surface area contributed by atoms with E-state index in [9.17, 15) is 14.7 Å². The van der Waals surface area contributed by atoms with Gasteiger partial charge in [0.25, 0.3) is 0 Å². The number of carbonyl (C=O) groups is 2. The maximum atomic E-state index is 13.1. The molecule has 6 nitrogen and oxygen atoms in total. The van der Waals surface area contributed by atoms with Crippen LogP contribution in [0.15, 0.2) is 36.4 Å². The van der Waals surface area contributed by atoms with Gasteiger partial charge < -0.3 is 5.11 Å². The van der Waals surface area contributed by atoms with E-state index in [2.05, 4.69) is 4.98 Å². The van der Waals surface area contributed by atoms with Crippen LogP contribution in [-0.4, -0.2) is 70.7 Å². The molecule has 1 aromatic heterocycles. The summed E-state index contributed by atoms with van der Waals surface area (Å²) in [5.74, 6) is -0.258. The number of Topliss-reactive ketones (excluding diaryl/α,β-unsaturated/α-hetero) is 2. The topological polar surface area (TPSA) is 73.7 Å². The third kappa shape index (κ3) is 3.82. The number of ketones is 2. The van der Waals surface area contributed by atoms with E-state index in [-0.39, 0.29) is 22.9 Å². The molecule has 2 aromatic carbocycles. The number of hydrogen-bond acceptors (Lipinski definition) is 6. The first-order valence-electron chi connectivity index (χ1n) is 10.3. The Bertz CT molecular complexity index is 1190. The van der Waals surface area contributed by atoms with Crippen molar-refractivity contribution >= 4 is 33.4 Å². The van der Waals surface area contributed by atoms with Crippen LogP contribution in [0.3, 0.4) is 0 Å². The Labute approximate surface area is 183 Å². The Morgan fingerprint density at radius 2 is 1.35 bits per heavy atom. The fourth-order valence-electron chi connectivity index (χ4n) is 3.31. The third-order valence-corrected chi connectivity index (χ3v) is 6.62. The third-order valence-electron chi connectivity index (χ3n) is 6.62. The number of likely N-dealkylation sites (N-methyl/N-ethyl adjacent to an activating group) is 2. The van der Waals surface area contributed by atoms with Crippen molar-refractivity contribution in [2.75, 3.05) is 28.2 Å². The number of aromatic hydroxyl groups is 1. The normalized spacial score (nSPS) is 12.8. The molecule has 0 aliphatic heterocycles. The summed E-state index contributed by atoms with van der Waals surface area (Å²) in [6.45, 7) is 7.41. The minimum absolute atomic E-state index is 0.000352. The molecule has 0 spiro atoms. The SMILES string of the molecule is CN(C)C(C)(C)C(=O)c1ccc2nc3ccc(C(=O)C(C)(C)N(C)C)c(O)c3cc2c1. The van der Waals surface area contributed by atoms with Gasteiger partial charge in [0, 0.05) is 16.3 Å². The van der Waals surface area contributed by atoms with E-state index >= 15 is 0 Å². The first kappa shape index (κ1) is 22.8. The summed E-state index contributed by atoms with van der Waals surface area (Å²) in [5.41, 5.74) is 0.723. The lowest BCUT2D eigenvalue weighted by molar-refractivity contribution is 0.0748. The van der Waals surface area contributed by atoms with Gasteiger partial charge in [-0.25, -0.2) is 4.98 Å². The lowest BCUT2D eigenvalue weighted by atomic mass is 9.90. The van der Waals surface area contributed by atoms with E-state index < -0.39 is 11.1 Å². The Morgan fingerprint density at radius 1 is 0.806 bits per heavy atom. The van der Waals surface area contributed by atoms with Gasteiger partial charge in [0.15, 0.2) is 11.6 Å². The van der Waals surface area contributed by atoms with Gasteiger partial charge in [-0.15, -0.1) is 0 Å². The number of nitrogens with zero attached hydrogens (tertiary/aromatic N) is 3. The highest BCUT2D eigenvalue weighted by molar-refractivity contribution is 6.10. The first-order chi connectivity index (χ1) is 14.3. The zero-order chi connectivity index (χ0) is 23.3. The second kappa shape index (κ2) is 7.70. The number of phenols is 1. The fraction of sp³-hybridized carbons (Fsp3) is 0.400. The number of phenolic OH excluding ortho intramolecular Hbond substituents is 1. The van der Waals surface area contributed by atoms with Crippen molar-refractivity contribution in [3.8, 4) is 5.75 Å². The second-order valence-electron chi connectivity index (χ2n) is 9.49. The second-order valence-corrected chi connectivity index (χ2v) is 9.49. The Hall–Kier alpha value is -2.83. The number of fused-ring (bicyclic) bond motifs is 2. The minimum atomic E-state index is -0.771. The molecule has 6 heteroatoms. The molecule has 3 aromatic rings. The zero-order valence-corrected chi connectivity index (χ0v) is 19.6. The highest BCUT2D eigenvalue weighted by Gasteiger charge is 2.33. The van der Waals surface area contributed by atoms with Gasteiger partial charge in [-0.1, -0.05) is 0 Å². The maximum Gasteiger partial charge on any atom is 0.186 e. The Morgan fingerprint density at radius 3 is 1.94 bits per heavy atom. The van der Waals surface area contributed by atoms with Gasteiger partial charge in [-0.3, -0.25) is 19.4 Å². The molecule has 0 bridgehead atoms. The van der Waals surface area contributed by atoms with Crippen LogP contribution in [0.1, 0.15) is 48.4 Å². The number of carbonyl (C=O) groups excluding carboxylic acids is 2. The molecular weight excluding hydrogens is 390 g/mol. The fourth-order valence-corrected chi connectivity index (χ4v) is 3.31. The molecule has 164 valence electrons. The number of benzene rings is 2. The molecule has 1 heterocycles. The van der Waals surface area contributed by atoms with Crippen LogP contribution < -0.4 is 0 Å². The van der Waals surface area contributed by atoms with E-state index in [1.54, 1.807) is 30.3 Å². The highest BCUT2D eigenvalue weighted by atomic mass is 16.3. The zero-order valence-electron chi connectivity index (χ0n) is 19.6. The quantitative estimate of drug-likeness (QED) is 0.476. The number of hydrogen-bond donors (Lipinski definition) is 1. The standard InChI is InChI=1S/C25H31N3O3/c1-24(2,27(5)6)22(30)15-9-11-19-16(13-15)14-18-20(26-19)12-10-17(21(18)29)23(31)25(3,4)28(7)8/h9-14,29H,1-8H3. The van der Waals surface area contributed by atoms with Gasteiger partial charge in [0.2, 0.25) is 0 Å². The molecule has 31 heavy (non-hydrogen) atoms. The van der Waals surface area contributed by atoms with Crippen molar-refractivity contribution < 1.29 is 14.7 Å². The van der Waals surface area contributed by atoms with Crippen molar-refractivity contribution in [3.05, 3.63) is 47.5 Å². The predicted octanol–water partition coefficient (Wildman–Crippen LogP) is 4.14. The van der Waals surface area contributed by atoms with Crippen molar-refractivity contribution in [2.24, 2.45) is 0 Å². The van der Waals surface area contributed by atoms with Crippen LogP contribution >= 0.6 is 0 Å². The van der Waals surface area contributed by atoms with E-state index in [1.165, 1.54) is 0 Å². The minimum Gasteiger partial charge on any atom is -0.506 e. The average Bonchev–Trinajstić information content (AvgIpc) is 2.71. The molecule has 0 aliphatic carbocycles. The van der Waals surface area contributed by atoms with Crippen LogP contribution in [0.4, 0.5) is 0 Å². The molecular formula is C25H31N3O3. The summed E-state index contributed by atoms with van der Waals surface area (Å²) in [4.78, 5) is 34.5. The van der Waals surface area contributed by atoms with Crippen LogP contribution in [0, 0.1) is 0 Å². The first-order valence-corrected chi connectivity index (χ1v) is 10.3. The summed E-state index contributed by atoms with van der Waals surface area (Å²) in [7, 11) is 7.41. The van der Waals surface area contributed by atoms with Crippen LogP contribution in [-0.2, 0) is 0 Å². The summed E-state index contributed by atoms with van der Waals surface area (Å²) < 4.78 is 0. The molecule has 0 radical (unpaired) electrons. The molecule has 0 amide bonds. The van der Waals surface area contributed by atoms with E-state index in [0.29, 0.717) is 16.5 Å². The molecule has 0 aliphatic rings. The van der Waals surface area contributed by atoms with Crippen molar-refractivity contribution in [2.45, 2.75) is 38.8 Å². The van der Waals surface area contributed by atoms with Crippen molar-refractivity contribution in [1.29, 1.82) is 0 Å². The van der Waals surface area contributed by atoms with Crippen LogP contribution in [0.2, 0.25) is 0 Å². The van der Waals surface area contributed by atoms with E-state index in [4.69, 9.17) is 0 Å². The van der Waals surface area contributed by atoms with E-state index in [1.807, 2.05) is 71.8 Å². The van der Waals surface area contributed by atoms with E-state index in [0.717, 1.165) is 10.9 Å². The largest absolute Gasteiger partial charge is 0.506 e.